The van der Waals surface area contributed by atoms with Gasteiger partial charge in [0, 0.05) is 22.2 Å². The first-order valence-electron chi connectivity index (χ1n) is 7.55. The van der Waals surface area contributed by atoms with Gasteiger partial charge in [-0.25, -0.2) is 0 Å². The number of alkyl halides is 2. The Labute approximate surface area is 136 Å². The van der Waals surface area contributed by atoms with Crippen molar-refractivity contribution in [2.45, 2.75) is 37.5 Å². The summed E-state index contributed by atoms with van der Waals surface area (Å²) in [7, 11) is 0. The molecule has 3 unspecified atom stereocenters. The summed E-state index contributed by atoms with van der Waals surface area (Å²) in [5.74, 6) is 3.73. The van der Waals surface area contributed by atoms with Gasteiger partial charge in [0.05, 0.1) is 0 Å². The van der Waals surface area contributed by atoms with Crippen LogP contribution in [0.25, 0.3) is 0 Å². The normalized spacial score (nSPS) is 29.1. The average molecular weight is 332 g/mol. The third-order valence-electron chi connectivity index (χ3n) is 5.49. The van der Waals surface area contributed by atoms with Gasteiger partial charge in [-0.2, -0.15) is 0 Å². The Morgan fingerprint density at radius 1 is 1.05 bits per heavy atom. The Morgan fingerprint density at radius 2 is 1.80 bits per heavy atom. The van der Waals surface area contributed by atoms with Crippen molar-refractivity contribution in [2.24, 2.45) is 17.8 Å². The fourth-order valence-corrected chi connectivity index (χ4v) is 5.55. The maximum Gasteiger partial charge on any atom is 0.0444 e. The van der Waals surface area contributed by atoms with E-state index in [1.807, 2.05) is 18.2 Å². The van der Waals surface area contributed by atoms with Gasteiger partial charge in [-0.15, -0.1) is 23.2 Å². The Kier molecular flexibility index (Phi) is 4.55. The Morgan fingerprint density at radius 3 is 2.35 bits per heavy atom. The van der Waals surface area contributed by atoms with Crippen LogP contribution in [0, 0.1) is 17.8 Å². The highest BCUT2D eigenvalue weighted by atomic mass is 35.5. The summed E-state index contributed by atoms with van der Waals surface area (Å²) in [4.78, 5) is 0. The molecule has 3 atom stereocenters. The zero-order valence-electron chi connectivity index (χ0n) is 11.6. The van der Waals surface area contributed by atoms with Crippen LogP contribution in [-0.4, -0.2) is 11.8 Å². The zero-order valence-corrected chi connectivity index (χ0v) is 13.9. The number of hydrogen-bond donors (Lipinski definition) is 0. The molecule has 2 saturated carbocycles. The van der Waals surface area contributed by atoms with Crippen LogP contribution in [0.4, 0.5) is 0 Å². The van der Waals surface area contributed by atoms with E-state index < -0.39 is 0 Å². The first-order chi connectivity index (χ1) is 9.68. The van der Waals surface area contributed by atoms with E-state index in [-0.39, 0.29) is 5.41 Å². The van der Waals surface area contributed by atoms with Crippen LogP contribution in [0.5, 0.6) is 0 Å². The van der Waals surface area contributed by atoms with E-state index in [1.165, 1.54) is 25.7 Å². The van der Waals surface area contributed by atoms with E-state index in [0.717, 1.165) is 34.8 Å². The Bertz CT molecular complexity index is 467. The van der Waals surface area contributed by atoms with Gasteiger partial charge < -0.3 is 0 Å². The maximum absolute atomic E-state index is 6.41. The quantitative estimate of drug-likeness (QED) is 0.591. The van der Waals surface area contributed by atoms with Gasteiger partial charge in [0.25, 0.3) is 0 Å². The van der Waals surface area contributed by atoms with Crippen molar-refractivity contribution >= 4 is 34.8 Å². The SMILES string of the molecule is ClCC(CCl)(CC1CC2CCC1C2)c1ccccc1Cl. The number of halogens is 3. The molecule has 1 aromatic rings. The van der Waals surface area contributed by atoms with E-state index >= 15 is 0 Å². The lowest BCUT2D eigenvalue weighted by Gasteiger charge is -2.36. The van der Waals surface area contributed by atoms with Gasteiger partial charge in [0.1, 0.15) is 0 Å². The number of fused-ring (bicyclic) bond motifs is 2. The molecule has 0 heterocycles. The van der Waals surface area contributed by atoms with E-state index in [1.54, 1.807) is 0 Å². The molecule has 2 fully saturated rings. The lowest BCUT2D eigenvalue weighted by atomic mass is 9.72. The molecule has 0 aromatic heterocycles. The summed E-state index contributed by atoms with van der Waals surface area (Å²) >= 11 is 19.2. The van der Waals surface area contributed by atoms with E-state index in [4.69, 9.17) is 34.8 Å². The average Bonchev–Trinajstić information content (AvgIpc) is 3.08. The zero-order chi connectivity index (χ0) is 14.2. The summed E-state index contributed by atoms with van der Waals surface area (Å²) in [6, 6.07) is 8.05. The maximum atomic E-state index is 6.41. The molecule has 0 radical (unpaired) electrons. The molecule has 0 spiro atoms. The topological polar surface area (TPSA) is 0 Å². The lowest BCUT2D eigenvalue weighted by molar-refractivity contribution is 0.264. The van der Waals surface area contributed by atoms with Crippen LogP contribution in [0.1, 0.15) is 37.7 Å². The molecular weight excluding hydrogens is 311 g/mol. The minimum Gasteiger partial charge on any atom is -0.126 e. The summed E-state index contributed by atoms with van der Waals surface area (Å²) < 4.78 is 0. The van der Waals surface area contributed by atoms with Crippen LogP contribution < -0.4 is 0 Å². The molecule has 0 N–H and O–H groups in total. The second-order valence-electron chi connectivity index (χ2n) is 6.67. The molecule has 0 saturated heterocycles. The summed E-state index contributed by atoms with van der Waals surface area (Å²) in [5.41, 5.74) is 0.964. The number of hydrogen-bond acceptors (Lipinski definition) is 0. The predicted molar refractivity (Wildman–Crippen MR) is 88.1 cm³/mol. The van der Waals surface area contributed by atoms with Gasteiger partial charge in [-0.05, 0) is 55.1 Å². The first kappa shape index (κ1) is 15.0. The molecular formula is C17H21Cl3. The van der Waals surface area contributed by atoms with Gasteiger partial charge in [0.15, 0.2) is 0 Å². The van der Waals surface area contributed by atoms with Crippen LogP contribution >= 0.6 is 34.8 Å². The monoisotopic (exact) mass is 330 g/mol. The molecule has 1 aromatic carbocycles. The van der Waals surface area contributed by atoms with Gasteiger partial charge >= 0.3 is 0 Å². The second kappa shape index (κ2) is 6.07. The molecule has 0 nitrogen and oxygen atoms in total. The van der Waals surface area contributed by atoms with E-state index in [9.17, 15) is 0 Å². The summed E-state index contributed by atoms with van der Waals surface area (Å²) in [6.45, 7) is 0. The van der Waals surface area contributed by atoms with Crippen molar-refractivity contribution in [2.75, 3.05) is 11.8 Å². The van der Waals surface area contributed by atoms with Crippen molar-refractivity contribution in [1.82, 2.24) is 0 Å². The smallest absolute Gasteiger partial charge is 0.0444 e. The fraction of sp³-hybridized carbons (Fsp3) is 0.647. The highest BCUT2D eigenvalue weighted by Gasteiger charge is 2.44. The second-order valence-corrected chi connectivity index (χ2v) is 7.61. The van der Waals surface area contributed by atoms with Gasteiger partial charge in [0.2, 0.25) is 0 Å². The van der Waals surface area contributed by atoms with Crippen LogP contribution in [-0.2, 0) is 5.41 Å². The van der Waals surface area contributed by atoms with Gasteiger partial charge in [-0.1, -0.05) is 36.2 Å². The largest absolute Gasteiger partial charge is 0.126 e. The first-order valence-corrected chi connectivity index (χ1v) is 9.00. The standard InChI is InChI=1S/C17H21Cl3/c18-10-17(11-19,15-3-1-2-4-16(15)20)9-14-8-12-5-6-13(14)7-12/h1-4,12-14H,5-11H2. The van der Waals surface area contributed by atoms with Crippen molar-refractivity contribution in [3.05, 3.63) is 34.9 Å². The van der Waals surface area contributed by atoms with Crippen LogP contribution in [0.3, 0.4) is 0 Å². The molecule has 2 aliphatic rings. The Balaban J connectivity index is 1.86. The highest BCUT2D eigenvalue weighted by molar-refractivity contribution is 6.32. The minimum atomic E-state index is -0.170. The van der Waals surface area contributed by atoms with Gasteiger partial charge in [-0.3, -0.25) is 0 Å². The number of benzene rings is 1. The van der Waals surface area contributed by atoms with Crippen LogP contribution in [0.2, 0.25) is 5.02 Å². The third-order valence-corrected chi connectivity index (χ3v) is 6.85. The number of rotatable bonds is 5. The molecule has 2 aliphatic carbocycles. The molecule has 0 aliphatic heterocycles. The lowest BCUT2D eigenvalue weighted by Crippen LogP contribution is -2.35. The highest BCUT2D eigenvalue weighted by Crippen LogP contribution is 2.53. The predicted octanol–water partition coefficient (Wildman–Crippen LogP) is 5.88. The van der Waals surface area contributed by atoms with E-state index in [0.29, 0.717) is 11.8 Å². The third kappa shape index (κ3) is 2.60. The van der Waals surface area contributed by atoms with E-state index in [2.05, 4.69) is 6.07 Å². The molecule has 3 rings (SSSR count). The summed E-state index contributed by atoms with van der Waals surface area (Å²) in [5, 5.41) is 0.803. The molecule has 110 valence electrons. The van der Waals surface area contributed by atoms with Crippen molar-refractivity contribution in [1.29, 1.82) is 0 Å². The van der Waals surface area contributed by atoms with Crippen LogP contribution in [0.15, 0.2) is 24.3 Å². The minimum absolute atomic E-state index is 0.170. The fourth-order valence-electron chi connectivity index (χ4n) is 4.42. The molecule has 0 amide bonds. The molecule has 2 bridgehead atoms. The molecule has 3 heteroatoms. The van der Waals surface area contributed by atoms with Crippen molar-refractivity contribution in [3.63, 3.8) is 0 Å². The Hall–Kier alpha value is 0.0900. The molecule has 20 heavy (non-hydrogen) atoms. The summed E-state index contributed by atoms with van der Waals surface area (Å²) in [6.07, 6.45) is 6.71. The van der Waals surface area contributed by atoms with Crippen molar-refractivity contribution in [3.8, 4) is 0 Å². The van der Waals surface area contributed by atoms with Crippen molar-refractivity contribution < 1.29 is 0 Å².